The van der Waals surface area contributed by atoms with E-state index in [9.17, 15) is 9.50 Å². The van der Waals surface area contributed by atoms with Gasteiger partial charge < -0.3 is 10.0 Å². The van der Waals surface area contributed by atoms with E-state index in [0.717, 1.165) is 17.2 Å². The van der Waals surface area contributed by atoms with Crippen molar-refractivity contribution in [2.45, 2.75) is 25.9 Å². The molecule has 0 saturated carbocycles. The average Bonchev–Trinajstić information content (AvgIpc) is 3.06. The molecule has 128 valence electrons. The fourth-order valence-electron chi connectivity index (χ4n) is 2.65. The predicted molar refractivity (Wildman–Crippen MR) is 95.7 cm³/mol. The van der Waals surface area contributed by atoms with E-state index in [1.54, 1.807) is 24.3 Å². The van der Waals surface area contributed by atoms with Gasteiger partial charge in [0, 0.05) is 12.1 Å². The normalized spacial score (nSPS) is 15.0. The second-order valence-electron chi connectivity index (χ2n) is 5.89. The first kappa shape index (κ1) is 16.9. The number of rotatable bonds is 5. The van der Waals surface area contributed by atoms with Crippen molar-refractivity contribution in [3.05, 3.63) is 59.9 Å². The maximum Gasteiger partial charge on any atom is 0.134 e. The lowest BCUT2D eigenvalue weighted by Gasteiger charge is -2.22. The van der Waals surface area contributed by atoms with E-state index in [1.807, 2.05) is 29.0 Å². The lowest BCUT2D eigenvalue weighted by molar-refractivity contribution is 0.178. The second kappa shape index (κ2) is 7.32. The van der Waals surface area contributed by atoms with Crippen molar-refractivity contribution in [1.29, 1.82) is 5.26 Å². The molecule has 1 heterocycles. The average molecular weight is 338 g/mol. The molecule has 0 amide bonds. The van der Waals surface area contributed by atoms with Crippen LogP contribution in [0.3, 0.4) is 0 Å². The third-order valence-corrected chi connectivity index (χ3v) is 4.15. The quantitative estimate of drug-likeness (QED) is 0.907. The first-order valence-corrected chi connectivity index (χ1v) is 8.17. The van der Waals surface area contributed by atoms with Crippen molar-refractivity contribution >= 4 is 17.2 Å². The number of nitrogens with zero attached hydrogens (tertiary/aromatic N) is 4. The molecule has 5 nitrogen and oxygen atoms in total. The summed E-state index contributed by atoms with van der Waals surface area (Å²) in [5.74, 6) is 0.435. The van der Waals surface area contributed by atoms with Gasteiger partial charge in [0.05, 0.1) is 23.4 Å². The third-order valence-electron chi connectivity index (χ3n) is 4.15. The summed E-state index contributed by atoms with van der Waals surface area (Å²) in [4.78, 5) is 1.95. The molecule has 0 spiro atoms. The molecule has 1 N–H and O–H groups in total. The van der Waals surface area contributed by atoms with Crippen LogP contribution in [-0.4, -0.2) is 23.7 Å². The molecule has 1 aliphatic heterocycles. The molecular weight excluding hydrogens is 319 g/mol. The zero-order chi connectivity index (χ0) is 17.8. The van der Waals surface area contributed by atoms with E-state index in [0.29, 0.717) is 25.1 Å². The van der Waals surface area contributed by atoms with Gasteiger partial charge in [0.15, 0.2) is 0 Å². The summed E-state index contributed by atoms with van der Waals surface area (Å²) >= 11 is 0. The molecule has 0 fully saturated rings. The highest BCUT2D eigenvalue weighted by Gasteiger charge is 2.26. The molecule has 0 aromatic heterocycles. The minimum atomic E-state index is -0.484. The number of benzene rings is 2. The fourth-order valence-corrected chi connectivity index (χ4v) is 2.65. The third kappa shape index (κ3) is 3.78. The Bertz CT molecular complexity index is 796. The first-order chi connectivity index (χ1) is 12.1. The Labute approximate surface area is 146 Å². The van der Waals surface area contributed by atoms with Crippen molar-refractivity contribution in [1.82, 2.24) is 0 Å². The minimum absolute atomic E-state index is 0.293. The first-order valence-electron chi connectivity index (χ1n) is 8.17. The standard InChI is InChI=1S/C19H19FN4O/c1-2-18(25)11-19-22-24(17-7-3-14(12-21)4-8-17)13-23(19)16-9-5-15(20)6-10-16/h3-10,18,25H,2,11,13H2,1H3. The lowest BCUT2D eigenvalue weighted by Crippen LogP contribution is -2.32. The van der Waals surface area contributed by atoms with E-state index in [4.69, 9.17) is 5.26 Å². The Balaban J connectivity index is 1.88. The van der Waals surface area contributed by atoms with Gasteiger partial charge in [0.2, 0.25) is 0 Å². The zero-order valence-electron chi connectivity index (χ0n) is 13.9. The van der Waals surface area contributed by atoms with E-state index in [1.165, 1.54) is 12.1 Å². The summed E-state index contributed by atoms with van der Waals surface area (Å²) in [5, 5.41) is 25.4. The molecule has 3 rings (SSSR count). The highest BCUT2D eigenvalue weighted by Crippen LogP contribution is 2.26. The highest BCUT2D eigenvalue weighted by atomic mass is 19.1. The monoisotopic (exact) mass is 338 g/mol. The SMILES string of the molecule is CCC(O)CC1=NN(c2ccc(C#N)cc2)CN1c1ccc(F)cc1. The molecule has 1 atom stereocenters. The molecule has 1 aliphatic rings. The van der Waals surface area contributed by atoms with Gasteiger partial charge >= 0.3 is 0 Å². The summed E-state index contributed by atoms with van der Waals surface area (Å²) < 4.78 is 13.2. The maximum atomic E-state index is 13.2. The smallest absolute Gasteiger partial charge is 0.134 e. The molecule has 6 heteroatoms. The van der Waals surface area contributed by atoms with Crippen LogP contribution >= 0.6 is 0 Å². The molecule has 0 aliphatic carbocycles. The lowest BCUT2D eigenvalue weighted by atomic mass is 10.1. The van der Waals surface area contributed by atoms with E-state index >= 15 is 0 Å². The molecule has 0 radical (unpaired) electrons. The number of hydrazone groups is 1. The zero-order valence-corrected chi connectivity index (χ0v) is 13.9. The summed E-state index contributed by atoms with van der Waals surface area (Å²) in [5.41, 5.74) is 2.26. The number of nitriles is 1. The molecular formula is C19H19FN4O. The van der Waals surface area contributed by atoms with Gasteiger partial charge in [0.1, 0.15) is 18.3 Å². The summed E-state index contributed by atoms with van der Waals surface area (Å²) in [6.45, 7) is 2.38. The van der Waals surface area contributed by atoms with Crippen molar-refractivity contribution in [2.75, 3.05) is 16.6 Å². The van der Waals surface area contributed by atoms with Crippen LogP contribution in [0.4, 0.5) is 15.8 Å². The maximum absolute atomic E-state index is 13.2. The fraction of sp³-hybridized carbons (Fsp3) is 0.263. The predicted octanol–water partition coefficient (Wildman–Crippen LogP) is 3.46. The van der Waals surface area contributed by atoms with Gasteiger partial charge in [-0.3, -0.25) is 0 Å². The van der Waals surface area contributed by atoms with Crippen molar-refractivity contribution in [3.8, 4) is 6.07 Å². The van der Waals surface area contributed by atoms with Crippen LogP contribution in [0.15, 0.2) is 53.6 Å². The molecule has 1 unspecified atom stereocenters. The topological polar surface area (TPSA) is 62.9 Å². The number of hydrogen-bond acceptors (Lipinski definition) is 5. The minimum Gasteiger partial charge on any atom is -0.393 e. The van der Waals surface area contributed by atoms with Crippen LogP contribution in [0.5, 0.6) is 0 Å². The van der Waals surface area contributed by atoms with Crippen LogP contribution in [0.1, 0.15) is 25.3 Å². The van der Waals surface area contributed by atoms with E-state index in [-0.39, 0.29) is 5.82 Å². The molecule has 2 aromatic rings. The molecule has 0 bridgehead atoms. The van der Waals surface area contributed by atoms with E-state index < -0.39 is 6.10 Å². The Morgan fingerprint density at radius 3 is 2.40 bits per heavy atom. The highest BCUT2D eigenvalue weighted by molar-refractivity contribution is 6.00. The largest absolute Gasteiger partial charge is 0.393 e. The van der Waals surface area contributed by atoms with E-state index in [2.05, 4.69) is 11.2 Å². The van der Waals surface area contributed by atoms with Gasteiger partial charge in [-0.15, -0.1) is 0 Å². The molecule has 0 saturated heterocycles. The number of aliphatic hydroxyl groups is 1. The number of hydrogen-bond donors (Lipinski definition) is 1. The van der Waals surface area contributed by atoms with Crippen LogP contribution in [-0.2, 0) is 0 Å². The number of amidine groups is 1. The van der Waals surface area contributed by atoms with Gasteiger partial charge in [-0.05, 0) is 55.0 Å². The Hall–Kier alpha value is -2.91. The summed E-state index contributed by atoms with van der Waals surface area (Å²) in [6.07, 6.45) is 0.566. The van der Waals surface area contributed by atoms with Crippen LogP contribution in [0, 0.1) is 17.1 Å². The second-order valence-corrected chi connectivity index (χ2v) is 5.89. The van der Waals surface area contributed by atoms with Crippen molar-refractivity contribution in [2.24, 2.45) is 5.10 Å². The van der Waals surface area contributed by atoms with Crippen LogP contribution < -0.4 is 9.91 Å². The number of halogens is 1. The van der Waals surface area contributed by atoms with Crippen LogP contribution in [0.2, 0.25) is 0 Å². The number of aliphatic hydroxyl groups excluding tert-OH is 1. The Morgan fingerprint density at radius 2 is 1.80 bits per heavy atom. The summed E-state index contributed by atoms with van der Waals surface area (Å²) in [7, 11) is 0. The Kier molecular flexibility index (Phi) is 4.96. The summed E-state index contributed by atoms with van der Waals surface area (Å²) in [6, 6.07) is 15.5. The van der Waals surface area contributed by atoms with Gasteiger partial charge in [-0.25, -0.2) is 9.40 Å². The Morgan fingerprint density at radius 1 is 1.16 bits per heavy atom. The molecule has 25 heavy (non-hydrogen) atoms. The van der Waals surface area contributed by atoms with Crippen molar-refractivity contribution < 1.29 is 9.50 Å². The van der Waals surface area contributed by atoms with Gasteiger partial charge in [-0.1, -0.05) is 6.92 Å². The number of anilines is 2. The van der Waals surface area contributed by atoms with Gasteiger partial charge in [0.25, 0.3) is 0 Å². The van der Waals surface area contributed by atoms with Crippen LogP contribution in [0.25, 0.3) is 0 Å². The molecule has 2 aromatic carbocycles. The van der Waals surface area contributed by atoms with Gasteiger partial charge in [-0.2, -0.15) is 10.4 Å². The van der Waals surface area contributed by atoms with Crippen molar-refractivity contribution in [3.63, 3.8) is 0 Å².